The number of ether oxygens (including phenoxy) is 4. The Morgan fingerprint density at radius 1 is 0.310 bits per heavy atom. The summed E-state index contributed by atoms with van der Waals surface area (Å²) in [5, 5.41) is 56.0. The molecule has 4 atom stereocenters. The van der Waals surface area contributed by atoms with Gasteiger partial charge in [0.05, 0.1) is 0 Å². The normalized spacial score (nSPS) is 19.9. The SMILES string of the molecule is CNC=O.CNC=O.OC(c1ccccc1)(c1ccccc1)[C@@H]1OC2(CCCCC2)O[C@H]1C(O)(c1ccccc1)c1ccccc1.OC(c1ccccc1)(c1ccccc1)[C@@H]1OC2(CCCCC2)O[C@H]1C(O)(c1ccccc1)c1ccccc1. The minimum atomic E-state index is -1.58. The first kappa shape index (κ1) is 61.0. The molecule has 0 aromatic heterocycles. The molecule has 8 aromatic carbocycles. The van der Waals surface area contributed by atoms with Crippen LogP contribution in [-0.4, -0.2) is 83.3 Å². The fourth-order valence-corrected chi connectivity index (χ4v) is 12.6. The second-order valence-corrected chi connectivity index (χ2v) is 21.9. The molecule has 2 heterocycles. The summed E-state index contributed by atoms with van der Waals surface area (Å²) in [4.78, 5) is 18.1. The second-order valence-electron chi connectivity index (χ2n) is 21.9. The van der Waals surface area contributed by atoms with E-state index >= 15 is 0 Å². The van der Waals surface area contributed by atoms with Crippen LogP contribution < -0.4 is 10.6 Å². The lowest BCUT2D eigenvalue weighted by molar-refractivity contribution is -0.213. The Kier molecular flexibility index (Phi) is 20.2. The lowest BCUT2D eigenvalue weighted by Gasteiger charge is -2.42. The molecule has 84 heavy (non-hydrogen) atoms. The molecule has 0 radical (unpaired) electrons. The molecule has 12 heteroatoms. The molecule has 2 spiro atoms. The van der Waals surface area contributed by atoms with Crippen LogP contribution in [0.15, 0.2) is 243 Å². The van der Waals surface area contributed by atoms with Crippen molar-refractivity contribution in [3.05, 3.63) is 287 Å². The van der Waals surface area contributed by atoms with E-state index in [0.29, 0.717) is 57.3 Å². The first-order valence-electron chi connectivity index (χ1n) is 29.2. The highest BCUT2D eigenvalue weighted by molar-refractivity contribution is 5.47. The summed E-state index contributed by atoms with van der Waals surface area (Å²) < 4.78 is 27.7. The molecule has 12 nitrogen and oxygen atoms in total. The van der Waals surface area contributed by atoms with E-state index in [9.17, 15) is 20.4 Å². The number of hydrogen-bond donors (Lipinski definition) is 6. The third-order valence-electron chi connectivity index (χ3n) is 16.7. The molecular formula is C72H78N2O10. The second kappa shape index (κ2) is 27.8. The van der Waals surface area contributed by atoms with Gasteiger partial charge in [-0.3, -0.25) is 9.59 Å². The van der Waals surface area contributed by atoms with Crippen molar-refractivity contribution in [2.45, 2.75) is 123 Å². The third kappa shape index (κ3) is 12.6. The van der Waals surface area contributed by atoms with Crippen LogP contribution in [-0.2, 0) is 50.9 Å². The van der Waals surface area contributed by atoms with E-state index in [1.54, 1.807) is 14.1 Å². The van der Waals surface area contributed by atoms with Crippen molar-refractivity contribution >= 4 is 12.8 Å². The molecule has 6 N–H and O–H groups in total. The molecule has 2 saturated carbocycles. The third-order valence-corrected chi connectivity index (χ3v) is 16.7. The number of carbonyl (C=O) groups is 2. The minimum Gasteiger partial charge on any atom is -0.378 e. The van der Waals surface area contributed by atoms with Crippen molar-refractivity contribution < 1.29 is 49.0 Å². The first-order valence-corrected chi connectivity index (χ1v) is 29.2. The van der Waals surface area contributed by atoms with Crippen LogP contribution in [0, 0.1) is 0 Å². The molecule has 0 unspecified atom stereocenters. The van der Waals surface area contributed by atoms with Crippen molar-refractivity contribution in [2.75, 3.05) is 14.1 Å². The van der Waals surface area contributed by atoms with Gasteiger partial charge in [-0.2, -0.15) is 0 Å². The first-order chi connectivity index (χ1) is 41.0. The summed E-state index contributed by atoms with van der Waals surface area (Å²) in [6.45, 7) is 0. The van der Waals surface area contributed by atoms with Gasteiger partial charge >= 0.3 is 0 Å². The fraction of sp³-hybridized carbons (Fsp3) is 0.306. The molecule has 436 valence electrons. The Balaban J connectivity index is 0.000000179. The Hall–Kier alpha value is -7.62. The zero-order chi connectivity index (χ0) is 58.9. The van der Waals surface area contributed by atoms with Crippen molar-refractivity contribution in [1.29, 1.82) is 0 Å². The van der Waals surface area contributed by atoms with Crippen LogP contribution in [0.3, 0.4) is 0 Å². The van der Waals surface area contributed by atoms with E-state index in [-0.39, 0.29) is 0 Å². The van der Waals surface area contributed by atoms with Crippen molar-refractivity contribution in [3.63, 3.8) is 0 Å². The molecule has 4 aliphatic rings. The van der Waals surface area contributed by atoms with E-state index < -0.39 is 58.4 Å². The Labute approximate surface area is 494 Å². The quantitative estimate of drug-likeness (QED) is 0.0575. The Morgan fingerprint density at radius 2 is 0.452 bits per heavy atom. The average molecular weight is 1130 g/mol. The zero-order valence-electron chi connectivity index (χ0n) is 47.9. The zero-order valence-corrected chi connectivity index (χ0v) is 47.9. The molecule has 8 aromatic rings. The summed E-state index contributed by atoms with van der Waals surface area (Å²) in [5.74, 6) is -1.74. The molecule has 2 aliphatic heterocycles. The van der Waals surface area contributed by atoms with Crippen molar-refractivity contribution in [2.24, 2.45) is 0 Å². The van der Waals surface area contributed by atoms with Crippen LogP contribution in [0.5, 0.6) is 0 Å². The van der Waals surface area contributed by atoms with Gasteiger partial charge in [0, 0.05) is 39.8 Å². The maximum atomic E-state index is 12.9. The summed E-state index contributed by atoms with van der Waals surface area (Å²) in [6.07, 6.45) is 6.70. The predicted molar refractivity (Wildman–Crippen MR) is 325 cm³/mol. The predicted octanol–water partition coefficient (Wildman–Crippen LogP) is 11.3. The molecule has 2 amide bonds. The number of hydrogen-bond acceptors (Lipinski definition) is 10. The lowest BCUT2D eigenvalue weighted by atomic mass is 9.72. The number of rotatable bonds is 14. The number of amides is 2. The van der Waals surface area contributed by atoms with Crippen LogP contribution in [0.2, 0.25) is 0 Å². The maximum absolute atomic E-state index is 12.9. The highest BCUT2D eigenvalue weighted by atomic mass is 16.8. The monoisotopic (exact) mass is 1130 g/mol. The van der Waals surface area contributed by atoms with Gasteiger partial charge in [0.15, 0.2) is 11.6 Å². The summed E-state index contributed by atoms with van der Waals surface area (Å²) in [5.41, 5.74) is -0.747. The van der Waals surface area contributed by atoms with Gasteiger partial charge in [-0.15, -0.1) is 0 Å². The van der Waals surface area contributed by atoms with Gasteiger partial charge in [-0.25, -0.2) is 0 Å². The van der Waals surface area contributed by atoms with E-state index in [0.717, 1.165) is 64.2 Å². The molecule has 2 saturated heterocycles. The molecule has 2 aliphatic carbocycles. The fourth-order valence-electron chi connectivity index (χ4n) is 12.6. The largest absolute Gasteiger partial charge is 0.378 e. The van der Waals surface area contributed by atoms with Crippen molar-refractivity contribution in [3.8, 4) is 0 Å². The van der Waals surface area contributed by atoms with Gasteiger partial charge < -0.3 is 50.0 Å². The molecule has 4 fully saturated rings. The number of benzene rings is 8. The number of carbonyl (C=O) groups excluding carboxylic acids is 2. The smallest absolute Gasteiger partial charge is 0.206 e. The van der Waals surface area contributed by atoms with Crippen LogP contribution in [0.4, 0.5) is 0 Å². The summed E-state index contributed by atoms with van der Waals surface area (Å²) in [6, 6.07) is 77.0. The average Bonchev–Trinajstić information content (AvgIpc) is 1.71. The molecule has 0 bridgehead atoms. The summed E-state index contributed by atoms with van der Waals surface area (Å²) >= 11 is 0. The highest BCUT2D eigenvalue weighted by Crippen LogP contribution is 2.55. The van der Waals surface area contributed by atoms with Crippen LogP contribution in [0.1, 0.15) is 109 Å². The van der Waals surface area contributed by atoms with Crippen LogP contribution >= 0.6 is 0 Å². The lowest BCUT2D eigenvalue weighted by Crippen LogP contribution is -2.54. The van der Waals surface area contributed by atoms with Gasteiger partial charge in [0.25, 0.3) is 0 Å². The van der Waals surface area contributed by atoms with Gasteiger partial charge in [0.1, 0.15) is 46.8 Å². The molecular weight excluding hydrogens is 1050 g/mol. The number of aliphatic hydroxyl groups is 4. The van der Waals surface area contributed by atoms with Crippen molar-refractivity contribution in [1.82, 2.24) is 10.6 Å². The standard InChI is InChI=1S/2C34H34O4.2C2H5NO/c2*35-33(26-16-6-1-7-17-26,27-18-8-2-9-19-27)30-31(38-32(37-30)24-14-5-15-25-32)34(36,28-20-10-3-11-21-28)29-22-12-4-13-23-29;2*1-3-2-4/h2*1-4,6-13,16-23,30-31,35-36H,5,14-15,24-25H2;2*2H,1H3,(H,3,4)/t2*30-,31-;;/m11../s1. The van der Waals surface area contributed by atoms with Gasteiger partial charge in [0.2, 0.25) is 12.8 Å². The highest BCUT2D eigenvalue weighted by Gasteiger charge is 2.65. The number of nitrogens with one attached hydrogen (secondary N) is 2. The summed E-state index contributed by atoms with van der Waals surface area (Å²) in [7, 11) is 3.12. The Morgan fingerprint density at radius 3 is 0.583 bits per heavy atom. The van der Waals surface area contributed by atoms with E-state index in [1.807, 2.05) is 243 Å². The van der Waals surface area contributed by atoms with E-state index in [2.05, 4.69) is 10.6 Å². The topological polar surface area (TPSA) is 176 Å². The Bertz CT molecular complexity index is 2650. The van der Waals surface area contributed by atoms with Crippen LogP contribution in [0.25, 0.3) is 0 Å². The van der Waals surface area contributed by atoms with Gasteiger partial charge in [-0.05, 0) is 70.2 Å². The minimum absolute atomic E-state index is 0.625. The van der Waals surface area contributed by atoms with E-state index in [1.165, 1.54) is 0 Å². The van der Waals surface area contributed by atoms with Gasteiger partial charge in [-0.1, -0.05) is 255 Å². The maximum Gasteiger partial charge on any atom is 0.206 e. The van der Waals surface area contributed by atoms with E-state index in [4.69, 9.17) is 28.5 Å². The molecule has 12 rings (SSSR count).